The summed E-state index contributed by atoms with van der Waals surface area (Å²) in [4.78, 5) is 10.4. The molecule has 0 unspecified atom stereocenters. The zero-order chi connectivity index (χ0) is 10.8. The quantitative estimate of drug-likeness (QED) is 0.810. The monoisotopic (exact) mass is 203 g/mol. The predicted octanol–water partition coefficient (Wildman–Crippen LogP) is 1.77. The van der Waals surface area contributed by atoms with Crippen molar-refractivity contribution < 1.29 is 18.7 Å². The summed E-state index contributed by atoms with van der Waals surface area (Å²) in [6.45, 7) is 0.320. The van der Waals surface area contributed by atoms with Gasteiger partial charge in [0.1, 0.15) is 0 Å². The van der Waals surface area contributed by atoms with Gasteiger partial charge in [-0.2, -0.15) is 0 Å². The maximum Gasteiger partial charge on any atom is 0.309 e. The van der Waals surface area contributed by atoms with Crippen molar-refractivity contribution in [2.75, 3.05) is 0 Å². The number of aliphatic carboxylic acids is 1. The lowest BCUT2D eigenvalue weighted by molar-refractivity contribution is -0.136. The minimum Gasteiger partial charge on any atom is -0.481 e. The Morgan fingerprint density at radius 1 is 1.64 bits per heavy atom. The van der Waals surface area contributed by atoms with Gasteiger partial charge in [-0.3, -0.25) is 4.79 Å². The molecule has 0 saturated heterocycles. The van der Waals surface area contributed by atoms with Gasteiger partial charge in [-0.1, -0.05) is 0 Å². The fourth-order valence-corrected chi connectivity index (χ4v) is 1.22. The number of nitrogens with zero attached hydrogens (tertiary/aromatic N) is 1. The minimum absolute atomic E-state index is 0.233. The number of hydrogen-bond acceptors (Lipinski definition) is 1. The Hall–Kier alpha value is -1.39. The summed E-state index contributed by atoms with van der Waals surface area (Å²) >= 11 is 0. The highest BCUT2D eigenvalue weighted by molar-refractivity contribution is 5.69. The van der Waals surface area contributed by atoms with Gasteiger partial charge in [0, 0.05) is 18.8 Å². The average Bonchev–Trinajstić information content (AvgIpc) is 2.32. The van der Waals surface area contributed by atoms with Crippen molar-refractivity contribution in [1.82, 2.24) is 4.57 Å². The molecule has 0 bridgehead atoms. The van der Waals surface area contributed by atoms with E-state index in [2.05, 4.69) is 0 Å². The molecule has 0 aliphatic carbocycles. The zero-order valence-corrected chi connectivity index (χ0v) is 7.70. The summed E-state index contributed by atoms with van der Waals surface area (Å²) in [6, 6.07) is 3.09. The van der Waals surface area contributed by atoms with Crippen LogP contribution in [-0.4, -0.2) is 21.6 Å². The van der Waals surface area contributed by atoms with Gasteiger partial charge in [0.25, 0.3) is 5.92 Å². The molecule has 0 aliphatic rings. The lowest BCUT2D eigenvalue weighted by Crippen LogP contribution is -2.21. The zero-order valence-electron chi connectivity index (χ0n) is 7.70. The largest absolute Gasteiger partial charge is 0.481 e. The standard InChI is InChI=1S/C9H11F2NO2/c1-9(10,11)6-12-4-2-3-7(12)5-8(13)14/h2-4H,5-6H2,1H3,(H,13,14). The van der Waals surface area contributed by atoms with E-state index in [-0.39, 0.29) is 6.42 Å². The van der Waals surface area contributed by atoms with E-state index in [1.54, 1.807) is 6.07 Å². The molecule has 78 valence electrons. The number of carboxylic acids is 1. The van der Waals surface area contributed by atoms with E-state index in [4.69, 9.17) is 5.11 Å². The second-order valence-corrected chi connectivity index (χ2v) is 3.27. The number of alkyl halides is 2. The first-order chi connectivity index (χ1) is 6.38. The molecule has 1 rings (SSSR count). The van der Waals surface area contributed by atoms with Crippen molar-refractivity contribution in [3.05, 3.63) is 24.0 Å². The Labute approximate surface area is 80.0 Å². The number of hydrogen-bond donors (Lipinski definition) is 1. The summed E-state index contributed by atoms with van der Waals surface area (Å²) in [5.74, 6) is -3.85. The van der Waals surface area contributed by atoms with Crippen LogP contribution in [-0.2, 0) is 17.8 Å². The molecule has 1 aromatic heterocycles. The van der Waals surface area contributed by atoms with E-state index in [0.29, 0.717) is 5.69 Å². The van der Waals surface area contributed by atoms with Crippen LogP contribution in [0.1, 0.15) is 12.6 Å². The third-order valence-corrected chi connectivity index (χ3v) is 1.70. The predicted molar refractivity (Wildman–Crippen MR) is 46.4 cm³/mol. The number of halogens is 2. The molecule has 0 amide bonds. The SMILES string of the molecule is CC(F)(F)Cn1cccc1CC(=O)O. The Bertz CT molecular complexity index is 328. The van der Waals surface area contributed by atoms with Crippen molar-refractivity contribution in [2.45, 2.75) is 25.8 Å². The van der Waals surface area contributed by atoms with Gasteiger partial charge in [-0.25, -0.2) is 8.78 Å². The highest BCUT2D eigenvalue weighted by atomic mass is 19.3. The van der Waals surface area contributed by atoms with Crippen LogP contribution in [0, 0.1) is 0 Å². The Balaban J connectivity index is 2.77. The summed E-state index contributed by atoms with van der Waals surface area (Å²) in [5.41, 5.74) is 0.388. The average molecular weight is 203 g/mol. The Kier molecular flexibility index (Phi) is 2.88. The van der Waals surface area contributed by atoms with Crippen molar-refractivity contribution >= 4 is 5.97 Å². The lowest BCUT2D eigenvalue weighted by Gasteiger charge is -2.13. The molecular formula is C9H11F2NO2. The molecule has 14 heavy (non-hydrogen) atoms. The fourth-order valence-electron chi connectivity index (χ4n) is 1.22. The van der Waals surface area contributed by atoms with E-state index in [1.807, 2.05) is 0 Å². The van der Waals surface area contributed by atoms with Crippen molar-refractivity contribution in [3.63, 3.8) is 0 Å². The molecule has 0 aliphatic heterocycles. The van der Waals surface area contributed by atoms with Gasteiger partial charge in [-0.05, 0) is 12.1 Å². The molecule has 0 radical (unpaired) electrons. The van der Waals surface area contributed by atoms with Crippen LogP contribution in [0.4, 0.5) is 8.78 Å². The summed E-state index contributed by atoms with van der Waals surface area (Å²) in [7, 11) is 0. The first-order valence-corrected chi connectivity index (χ1v) is 4.12. The second-order valence-electron chi connectivity index (χ2n) is 3.27. The van der Waals surface area contributed by atoms with Crippen LogP contribution in [0.3, 0.4) is 0 Å². The summed E-state index contributed by atoms with van der Waals surface area (Å²) in [5, 5.41) is 8.51. The highest BCUT2D eigenvalue weighted by Crippen LogP contribution is 2.16. The molecule has 0 spiro atoms. The first kappa shape index (κ1) is 10.7. The topological polar surface area (TPSA) is 42.2 Å². The normalized spacial score (nSPS) is 11.6. The summed E-state index contributed by atoms with van der Waals surface area (Å²) in [6.07, 6.45) is 1.22. The van der Waals surface area contributed by atoms with Gasteiger partial charge in [0.2, 0.25) is 0 Å². The van der Waals surface area contributed by atoms with Gasteiger partial charge in [0.05, 0.1) is 13.0 Å². The number of carboxylic acid groups (broad SMARTS) is 1. The molecule has 1 heterocycles. The van der Waals surface area contributed by atoms with Crippen LogP contribution in [0.2, 0.25) is 0 Å². The lowest BCUT2D eigenvalue weighted by atomic mass is 10.3. The molecule has 1 N–H and O–H groups in total. The second kappa shape index (κ2) is 3.77. The van der Waals surface area contributed by atoms with Gasteiger partial charge in [-0.15, -0.1) is 0 Å². The Morgan fingerprint density at radius 2 is 2.29 bits per heavy atom. The number of aromatic nitrogens is 1. The van der Waals surface area contributed by atoms with Gasteiger partial charge in [0.15, 0.2) is 0 Å². The molecule has 3 nitrogen and oxygen atoms in total. The molecule has 0 fully saturated rings. The smallest absolute Gasteiger partial charge is 0.309 e. The van der Waals surface area contributed by atoms with Crippen LogP contribution >= 0.6 is 0 Å². The molecular weight excluding hydrogens is 192 g/mol. The van der Waals surface area contributed by atoms with E-state index in [1.165, 1.54) is 16.8 Å². The van der Waals surface area contributed by atoms with Gasteiger partial charge >= 0.3 is 5.97 Å². The molecule has 0 atom stereocenters. The Morgan fingerprint density at radius 3 is 2.79 bits per heavy atom. The highest BCUT2D eigenvalue weighted by Gasteiger charge is 2.22. The molecule has 1 aromatic rings. The summed E-state index contributed by atoms with van der Waals surface area (Å²) < 4.78 is 26.5. The molecule has 0 saturated carbocycles. The third kappa shape index (κ3) is 3.16. The van der Waals surface area contributed by atoms with E-state index < -0.39 is 18.4 Å². The minimum atomic E-state index is -2.83. The van der Waals surface area contributed by atoms with Crippen molar-refractivity contribution in [1.29, 1.82) is 0 Å². The number of carbonyl (C=O) groups is 1. The fraction of sp³-hybridized carbons (Fsp3) is 0.444. The van der Waals surface area contributed by atoms with Crippen molar-refractivity contribution in [3.8, 4) is 0 Å². The van der Waals surface area contributed by atoms with E-state index in [9.17, 15) is 13.6 Å². The maximum absolute atomic E-state index is 12.6. The van der Waals surface area contributed by atoms with Crippen LogP contribution < -0.4 is 0 Å². The third-order valence-electron chi connectivity index (χ3n) is 1.70. The van der Waals surface area contributed by atoms with Gasteiger partial charge < -0.3 is 9.67 Å². The van der Waals surface area contributed by atoms with Crippen LogP contribution in [0.25, 0.3) is 0 Å². The maximum atomic E-state index is 12.6. The molecule has 5 heteroatoms. The first-order valence-electron chi connectivity index (χ1n) is 4.12. The van der Waals surface area contributed by atoms with Crippen LogP contribution in [0.15, 0.2) is 18.3 Å². The van der Waals surface area contributed by atoms with Crippen LogP contribution in [0.5, 0.6) is 0 Å². The van der Waals surface area contributed by atoms with E-state index >= 15 is 0 Å². The van der Waals surface area contributed by atoms with Crippen molar-refractivity contribution in [2.24, 2.45) is 0 Å². The molecule has 0 aromatic carbocycles. The number of rotatable bonds is 4. The van der Waals surface area contributed by atoms with E-state index in [0.717, 1.165) is 6.92 Å².